The number of aliphatic imine (C=N–C) groups is 1. The number of amidine groups is 1. The van der Waals surface area contributed by atoms with Gasteiger partial charge >= 0.3 is 0 Å². The van der Waals surface area contributed by atoms with E-state index in [1.807, 2.05) is 0 Å². The van der Waals surface area contributed by atoms with Crippen LogP contribution in [0.25, 0.3) is 49.5 Å². The second kappa shape index (κ2) is 14.9. The molecule has 4 heterocycles. The van der Waals surface area contributed by atoms with Gasteiger partial charge in [0.25, 0.3) is 0 Å². The summed E-state index contributed by atoms with van der Waals surface area (Å²) in [7, 11) is 4.46. The van der Waals surface area contributed by atoms with Crippen LogP contribution in [0.2, 0.25) is 0 Å². The number of rotatable bonds is 7. The number of hydrogen-bond donors (Lipinski definition) is 0. The van der Waals surface area contributed by atoms with Gasteiger partial charge in [-0.1, -0.05) is 188 Å². The van der Waals surface area contributed by atoms with E-state index in [1.165, 1.54) is 89.7 Å². The molecule has 0 saturated carbocycles. The van der Waals surface area contributed by atoms with Crippen molar-refractivity contribution in [2.45, 2.75) is 24.8 Å². The third kappa shape index (κ3) is 6.14. The predicted molar refractivity (Wildman–Crippen MR) is 270 cm³/mol. The highest BCUT2D eigenvalue weighted by atomic mass is 15.4. The molecule has 0 bridgehead atoms. The molecule has 312 valence electrons. The number of benzene rings is 9. The zero-order chi connectivity index (χ0) is 43.2. The first-order chi connectivity index (χ1) is 32.1. The lowest BCUT2D eigenvalue weighted by atomic mass is 9.94. The Kier molecular flexibility index (Phi) is 8.69. The van der Waals surface area contributed by atoms with E-state index >= 15 is 0 Å². The average molecular weight is 838 g/mol. The Morgan fingerprint density at radius 3 is 1.77 bits per heavy atom. The number of nitrogens with zero attached hydrogens (tertiary/aromatic N) is 5. The van der Waals surface area contributed by atoms with Crippen LogP contribution < -0.4 is 9.80 Å². The van der Waals surface area contributed by atoms with Gasteiger partial charge in [-0.3, -0.25) is 4.90 Å². The van der Waals surface area contributed by atoms with Gasteiger partial charge in [0, 0.05) is 55.4 Å². The van der Waals surface area contributed by atoms with Gasteiger partial charge in [-0.25, -0.2) is 4.99 Å². The van der Waals surface area contributed by atoms with Crippen LogP contribution in [0.5, 0.6) is 0 Å². The van der Waals surface area contributed by atoms with Gasteiger partial charge in [-0.05, 0) is 78.9 Å². The van der Waals surface area contributed by atoms with Crippen LogP contribution in [0.15, 0.2) is 211 Å². The molecular formula is C60H47N5. The summed E-state index contributed by atoms with van der Waals surface area (Å²) in [5, 5.41) is 5.28. The molecule has 0 N–H and O–H groups in total. The van der Waals surface area contributed by atoms with Gasteiger partial charge in [0.15, 0.2) is 0 Å². The van der Waals surface area contributed by atoms with Crippen LogP contribution in [0.3, 0.4) is 0 Å². The van der Waals surface area contributed by atoms with E-state index in [4.69, 9.17) is 4.99 Å². The third-order valence-electron chi connectivity index (χ3n) is 14.4. The zero-order valence-corrected chi connectivity index (χ0v) is 36.5. The molecule has 4 aliphatic heterocycles. The van der Waals surface area contributed by atoms with Gasteiger partial charge in [-0.2, -0.15) is 0 Å². The minimum absolute atomic E-state index is 0.0159. The summed E-state index contributed by atoms with van der Waals surface area (Å²) in [6.45, 7) is 2.18. The molecule has 13 rings (SSSR count). The van der Waals surface area contributed by atoms with E-state index in [0.717, 1.165) is 29.2 Å². The van der Waals surface area contributed by atoms with Crippen molar-refractivity contribution in [3.63, 3.8) is 0 Å². The Bertz CT molecular complexity index is 3350. The standard InChI is InChI=1S/C60H47N5/c1-62-54(45-30-26-40(27-31-45)39-14-5-3-6-15-39)36-53(61-59(62)46-17-7-4-8-18-46)44-28-24-41(25-29-44)42-32-34-47(35-33-42)65-58-50-22-12-11-21-49(50)56-52(37-64-38-55(56)64)57(58)63(2)60(65)51-23-13-19-43-16-9-10-20-48(43)51/h3-36,54-55,60H,37-38H2,1-2H3. The van der Waals surface area contributed by atoms with E-state index in [0.29, 0.717) is 6.04 Å². The Hall–Kier alpha value is -7.73. The highest BCUT2D eigenvalue weighted by Gasteiger charge is 2.49. The van der Waals surface area contributed by atoms with Crippen molar-refractivity contribution >= 4 is 50.1 Å². The summed E-state index contributed by atoms with van der Waals surface area (Å²) >= 11 is 0. The molecule has 0 amide bonds. The van der Waals surface area contributed by atoms with Crippen molar-refractivity contribution < 1.29 is 0 Å². The number of anilines is 3. The van der Waals surface area contributed by atoms with Crippen LogP contribution >= 0.6 is 0 Å². The highest BCUT2D eigenvalue weighted by molar-refractivity contribution is 6.10. The Labute approximate surface area is 380 Å². The molecule has 65 heavy (non-hydrogen) atoms. The molecule has 0 aliphatic carbocycles. The summed E-state index contributed by atoms with van der Waals surface area (Å²) < 4.78 is 0. The molecule has 5 heteroatoms. The topological polar surface area (TPSA) is 25.1 Å². The molecule has 5 nitrogen and oxygen atoms in total. The second-order valence-electron chi connectivity index (χ2n) is 18.0. The van der Waals surface area contributed by atoms with Crippen molar-refractivity contribution in [2.75, 3.05) is 30.4 Å². The monoisotopic (exact) mass is 837 g/mol. The minimum Gasteiger partial charge on any atom is -0.349 e. The maximum Gasteiger partial charge on any atom is 0.137 e. The highest BCUT2D eigenvalue weighted by Crippen LogP contribution is 2.61. The second-order valence-corrected chi connectivity index (χ2v) is 18.0. The van der Waals surface area contributed by atoms with Crippen LogP contribution in [0.4, 0.5) is 17.1 Å². The first-order valence-corrected chi connectivity index (χ1v) is 22.8. The maximum absolute atomic E-state index is 5.32. The molecule has 0 aromatic heterocycles. The molecule has 1 saturated heterocycles. The van der Waals surface area contributed by atoms with E-state index in [1.54, 1.807) is 0 Å². The largest absolute Gasteiger partial charge is 0.349 e. The lowest BCUT2D eigenvalue weighted by Gasteiger charge is -2.33. The van der Waals surface area contributed by atoms with Gasteiger partial charge in [0.2, 0.25) is 0 Å². The van der Waals surface area contributed by atoms with Crippen LogP contribution in [-0.4, -0.2) is 36.3 Å². The van der Waals surface area contributed by atoms with E-state index in [-0.39, 0.29) is 12.2 Å². The lowest BCUT2D eigenvalue weighted by Crippen LogP contribution is -2.33. The lowest BCUT2D eigenvalue weighted by molar-refractivity contribution is 0.435. The molecule has 0 spiro atoms. The number of fused-ring (bicyclic) bond motifs is 9. The zero-order valence-electron chi connectivity index (χ0n) is 36.5. The van der Waals surface area contributed by atoms with Crippen molar-refractivity contribution in [2.24, 2.45) is 4.99 Å². The Balaban J connectivity index is 0.866. The summed E-state index contributed by atoms with van der Waals surface area (Å²) in [5.41, 5.74) is 17.4. The van der Waals surface area contributed by atoms with Crippen molar-refractivity contribution in [3.05, 3.63) is 240 Å². The molecule has 4 atom stereocenters. The fourth-order valence-corrected chi connectivity index (χ4v) is 11.1. The van der Waals surface area contributed by atoms with Crippen molar-refractivity contribution in [1.29, 1.82) is 0 Å². The summed E-state index contributed by atoms with van der Waals surface area (Å²) in [6.07, 6.45) is 2.29. The Morgan fingerprint density at radius 1 is 0.477 bits per heavy atom. The van der Waals surface area contributed by atoms with Gasteiger partial charge < -0.3 is 14.7 Å². The van der Waals surface area contributed by atoms with Gasteiger partial charge in [-0.15, -0.1) is 0 Å². The van der Waals surface area contributed by atoms with E-state index in [9.17, 15) is 0 Å². The van der Waals surface area contributed by atoms with Crippen LogP contribution in [0.1, 0.15) is 51.6 Å². The average Bonchev–Trinajstić information content (AvgIpc) is 3.93. The van der Waals surface area contributed by atoms with Crippen molar-refractivity contribution in [1.82, 2.24) is 9.80 Å². The summed E-state index contributed by atoms with van der Waals surface area (Å²) in [5.74, 6) is 0.961. The van der Waals surface area contributed by atoms with Gasteiger partial charge in [0.1, 0.15) is 12.0 Å². The van der Waals surface area contributed by atoms with Gasteiger partial charge in [0.05, 0.1) is 23.1 Å². The van der Waals surface area contributed by atoms with Crippen LogP contribution in [0, 0.1) is 0 Å². The fraction of sp³-hybridized carbons (Fsp3) is 0.117. The summed E-state index contributed by atoms with van der Waals surface area (Å²) in [6, 6.07) is 73.7. The number of hydrogen-bond acceptors (Lipinski definition) is 5. The quantitative estimate of drug-likeness (QED) is 0.149. The third-order valence-corrected chi connectivity index (χ3v) is 14.4. The molecule has 1 fully saturated rings. The van der Waals surface area contributed by atoms with Crippen molar-refractivity contribution in [3.8, 4) is 22.3 Å². The Morgan fingerprint density at radius 2 is 1.05 bits per heavy atom. The smallest absolute Gasteiger partial charge is 0.137 e. The minimum atomic E-state index is -0.0159. The first kappa shape index (κ1) is 37.8. The molecular weight excluding hydrogens is 791 g/mol. The first-order valence-electron chi connectivity index (χ1n) is 22.8. The normalized spacial score (nSPS) is 19.5. The molecule has 9 aromatic carbocycles. The van der Waals surface area contributed by atoms with Crippen LogP contribution in [-0.2, 0) is 6.54 Å². The maximum atomic E-state index is 5.32. The summed E-state index contributed by atoms with van der Waals surface area (Å²) in [4.78, 5) is 15.4. The SMILES string of the molecule is CN1C(c2ccccc2)=NC(c2ccc(-c3ccc(N4c5c(c6c(c7ccccc57)C5CN5C6)N(C)C4c4cccc5ccccc45)cc3)cc2)=CC1c1ccc(-c2ccccc2)cc1. The molecule has 4 unspecified atom stereocenters. The van der Waals surface area contributed by atoms with E-state index < -0.39 is 0 Å². The molecule has 0 radical (unpaired) electrons. The van der Waals surface area contributed by atoms with E-state index in [2.05, 4.69) is 240 Å². The fourth-order valence-electron chi connectivity index (χ4n) is 11.1. The predicted octanol–water partition coefficient (Wildman–Crippen LogP) is 14.0. The molecule has 4 aliphatic rings. The number of likely N-dealkylation sites (N-methyl/N-ethyl adjacent to an activating group) is 1. The molecule has 9 aromatic rings.